The van der Waals surface area contributed by atoms with E-state index in [4.69, 9.17) is 0 Å². The van der Waals surface area contributed by atoms with E-state index in [1.807, 2.05) is 6.07 Å². The largest absolute Gasteiger partial charge is 0.367 e. The number of hydrogen-bond acceptors (Lipinski definition) is 5. The van der Waals surface area contributed by atoms with Crippen molar-refractivity contribution in [1.29, 1.82) is 0 Å². The van der Waals surface area contributed by atoms with Crippen molar-refractivity contribution in [2.75, 3.05) is 5.01 Å². The van der Waals surface area contributed by atoms with Crippen molar-refractivity contribution < 1.29 is 14.4 Å². The minimum absolute atomic E-state index is 0.0959. The highest BCUT2D eigenvalue weighted by Gasteiger charge is 2.38. The maximum absolute atomic E-state index is 13.4. The molecule has 5 rings (SSSR count). The summed E-state index contributed by atoms with van der Waals surface area (Å²) in [6.45, 7) is 0. The Labute approximate surface area is 182 Å². The standard InChI is InChI=1S/C25H15N3O4/c29-22(17-11-5-2-6-12-17)20-15-27(25(32)26-21(20)16-9-3-1-4-10-16)28-23(30)18-13-7-8-14-19(18)24(28)31/h1-15H. The smallest absolute Gasteiger partial charge is 0.288 e. The van der Waals surface area contributed by atoms with Gasteiger partial charge in [0.2, 0.25) is 0 Å². The van der Waals surface area contributed by atoms with Crippen LogP contribution in [0.2, 0.25) is 0 Å². The Balaban J connectivity index is 1.71. The van der Waals surface area contributed by atoms with Crippen molar-refractivity contribution >= 4 is 17.6 Å². The van der Waals surface area contributed by atoms with Crippen molar-refractivity contribution in [3.05, 3.63) is 124 Å². The van der Waals surface area contributed by atoms with E-state index >= 15 is 0 Å². The van der Waals surface area contributed by atoms with E-state index in [1.54, 1.807) is 66.7 Å². The van der Waals surface area contributed by atoms with Gasteiger partial charge in [0.15, 0.2) is 5.78 Å². The van der Waals surface area contributed by atoms with E-state index in [-0.39, 0.29) is 28.2 Å². The van der Waals surface area contributed by atoms with Crippen LogP contribution in [0, 0.1) is 0 Å². The summed E-state index contributed by atoms with van der Waals surface area (Å²) in [5, 5.41) is 0.719. The number of aromatic nitrogens is 2. The molecule has 0 atom stereocenters. The predicted octanol–water partition coefficient (Wildman–Crippen LogP) is 3.07. The predicted molar refractivity (Wildman–Crippen MR) is 117 cm³/mol. The molecule has 2 heterocycles. The zero-order chi connectivity index (χ0) is 22.2. The highest BCUT2D eigenvalue weighted by Crippen LogP contribution is 2.25. The van der Waals surface area contributed by atoms with Gasteiger partial charge in [-0.15, -0.1) is 0 Å². The summed E-state index contributed by atoms with van der Waals surface area (Å²) in [5.41, 5.74) is 0.760. The molecule has 4 aromatic rings. The van der Waals surface area contributed by atoms with Gasteiger partial charge in [-0.2, -0.15) is 14.7 Å². The molecule has 7 heteroatoms. The van der Waals surface area contributed by atoms with Crippen molar-refractivity contribution in [1.82, 2.24) is 9.66 Å². The second kappa shape index (κ2) is 7.55. The molecule has 1 aromatic heterocycles. The lowest BCUT2D eigenvalue weighted by Gasteiger charge is -2.18. The van der Waals surface area contributed by atoms with E-state index in [2.05, 4.69) is 4.98 Å². The van der Waals surface area contributed by atoms with Crippen molar-refractivity contribution in [2.45, 2.75) is 0 Å². The average molecular weight is 421 g/mol. The van der Waals surface area contributed by atoms with Gasteiger partial charge < -0.3 is 0 Å². The van der Waals surface area contributed by atoms with Crippen molar-refractivity contribution in [3.8, 4) is 11.3 Å². The van der Waals surface area contributed by atoms with Crippen LogP contribution >= 0.6 is 0 Å². The molecule has 2 amide bonds. The van der Waals surface area contributed by atoms with Gasteiger partial charge in [0, 0.05) is 17.3 Å². The van der Waals surface area contributed by atoms with Crippen LogP contribution in [-0.4, -0.2) is 27.3 Å². The average Bonchev–Trinajstić information content (AvgIpc) is 3.10. The number of amides is 2. The SMILES string of the molecule is O=C(c1ccccc1)c1cn(N2C(=O)c3ccccc3C2=O)c(=O)nc1-c1ccccc1. The highest BCUT2D eigenvalue weighted by atomic mass is 16.2. The summed E-state index contributed by atoms with van der Waals surface area (Å²) in [6.07, 6.45) is 1.22. The van der Waals surface area contributed by atoms with Crippen molar-refractivity contribution in [2.24, 2.45) is 0 Å². The van der Waals surface area contributed by atoms with Crippen LogP contribution in [0.15, 0.2) is 95.9 Å². The van der Waals surface area contributed by atoms with Gasteiger partial charge in [0.05, 0.1) is 22.4 Å². The summed E-state index contributed by atoms with van der Waals surface area (Å²) in [7, 11) is 0. The van der Waals surface area contributed by atoms with Crippen LogP contribution in [0.1, 0.15) is 36.6 Å². The first-order valence-electron chi connectivity index (χ1n) is 9.83. The lowest BCUT2D eigenvalue weighted by Crippen LogP contribution is -2.47. The molecular weight excluding hydrogens is 406 g/mol. The van der Waals surface area contributed by atoms with Gasteiger partial charge in [-0.3, -0.25) is 14.4 Å². The van der Waals surface area contributed by atoms with E-state index in [9.17, 15) is 19.2 Å². The number of carbonyl (C=O) groups excluding carboxylic acids is 3. The third kappa shape index (κ3) is 3.04. The molecule has 3 aromatic carbocycles. The highest BCUT2D eigenvalue weighted by molar-refractivity contribution is 6.30. The van der Waals surface area contributed by atoms with Crippen LogP contribution in [-0.2, 0) is 0 Å². The van der Waals surface area contributed by atoms with Gasteiger partial charge >= 0.3 is 5.69 Å². The summed E-state index contributed by atoms with van der Waals surface area (Å²) in [5.74, 6) is -1.69. The molecule has 0 spiro atoms. The molecule has 0 radical (unpaired) electrons. The molecule has 0 unspecified atom stereocenters. The van der Waals surface area contributed by atoms with Gasteiger partial charge in [-0.05, 0) is 12.1 Å². The summed E-state index contributed by atoms with van der Waals surface area (Å²) >= 11 is 0. The van der Waals surface area contributed by atoms with Crippen LogP contribution in [0.3, 0.4) is 0 Å². The Kier molecular flexibility index (Phi) is 4.56. The fraction of sp³-hybridized carbons (Fsp3) is 0. The number of carbonyl (C=O) groups is 3. The molecule has 1 aliphatic rings. The number of benzene rings is 3. The molecule has 0 aliphatic carbocycles. The van der Waals surface area contributed by atoms with Gasteiger partial charge in [-0.1, -0.05) is 72.8 Å². The Hall–Kier alpha value is -4.65. The topological polar surface area (TPSA) is 89.3 Å². The molecular formula is C25H15N3O4. The Morgan fingerprint density at radius 3 is 1.81 bits per heavy atom. The monoisotopic (exact) mass is 421 g/mol. The molecule has 1 aliphatic heterocycles. The zero-order valence-electron chi connectivity index (χ0n) is 16.6. The number of rotatable bonds is 4. The number of imide groups is 1. The number of ketones is 1. The van der Waals surface area contributed by atoms with Gasteiger partial charge in [0.25, 0.3) is 11.8 Å². The Morgan fingerprint density at radius 2 is 1.22 bits per heavy atom. The van der Waals surface area contributed by atoms with Crippen LogP contribution in [0.25, 0.3) is 11.3 Å². The van der Waals surface area contributed by atoms with E-state index in [0.29, 0.717) is 11.1 Å². The van der Waals surface area contributed by atoms with Crippen LogP contribution in [0.4, 0.5) is 0 Å². The van der Waals surface area contributed by atoms with E-state index in [0.717, 1.165) is 9.69 Å². The Bertz CT molecular complexity index is 1410. The lowest BCUT2D eigenvalue weighted by atomic mass is 9.99. The summed E-state index contributed by atoms with van der Waals surface area (Å²) in [6, 6.07) is 23.6. The minimum Gasteiger partial charge on any atom is -0.288 e. The van der Waals surface area contributed by atoms with Crippen LogP contribution in [0.5, 0.6) is 0 Å². The lowest BCUT2D eigenvalue weighted by molar-refractivity contribution is 0.0880. The molecule has 0 saturated heterocycles. The first-order chi connectivity index (χ1) is 15.6. The van der Waals surface area contributed by atoms with Gasteiger partial charge in [-0.25, -0.2) is 4.79 Å². The molecule has 0 saturated carbocycles. The molecule has 154 valence electrons. The van der Waals surface area contributed by atoms with Crippen molar-refractivity contribution in [3.63, 3.8) is 0 Å². The van der Waals surface area contributed by atoms with Gasteiger partial charge in [0.1, 0.15) is 0 Å². The number of nitrogens with zero attached hydrogens (tertiary/aromatic N) is 3. The summed E-state index contributed by atoms with van der Waals surface area (Å²) in [4.78, 5) is 56.2. The molecule has 0 bridgehead atoms. The molecule has 0 N–H and O–H groups in total. The number of fused-ring (bicyclic) bond motifs is 1. The minimum atomic E-state index is -0.844. The fourth-order valence-electron chi connectivity index (χ4n) is 3.69. The fourth-order valence-corrected chi connectivity index (χ4v) is 3.69. The quantitative estimate of drug-likeness (QED) is 0.373. The van der Waals surface area contributed by atoms with Crippen LogP contribution < -0.4 is 10.7 Å². The second-order valence-corrected chi connectivity index (χ2v) is 7.16. The maximum atomic E-state index is 13.4. The third-order valence-electron chi connectivity index (χ3n) is 5.23. The second-order valence-electron chi connectivity index (χ2n) is 7.16. The normalized spacial score (nSPS) is 12.7. The summed E-state index contributed by atoms with van der Waals surface area (Å²) < 4.78 is 0.813. The molecule has 0 fully saturated rings. The van der Waals surface area contributed by atoms with E-state index < -0.39 is 17.5 Å². The Morgan fingerprint density at radius 1 is 0.688 bits per heavy atom. The zero-order valence-corrected chi connectivity index (χ0v) is 16.6. The molecule has 7 nitrogen and oxygen atoms in total. The molecule has 32 heavy (non-hydrogen) atoms. The maximum Gasteiger partial charge on any atom is 0.367 e. The first-order valence-corrected chi connectivity index (χ1v) is 9.83. The van der Waals surface area contributed by atoms with E-state index in [1.165, 1.54) is 18.3 Å². The first kappa shape index (κ1) is 19.3. The number of hydrogen-bond donors (Lipinski definition) is 0. The third-order valence-corrected chi connectivity index (χ3v) is 5.23.